The van der Waals surface area contributed by atoms with Crippen LogP contribution in [0.4, 0.5) is 5.69 Å². The zero-order valence-electron chi connectivity index (χ0n) is 18.5. The number of para-hydroxylation sites is 1. The summed E-state index contributed by atoms with van der Waals surface area (Å²) in [5, 5.41) is 2.72. The van der Waals surface area contributed by atoms with Crippen molar-refractivity contribution in [2.24, 2.45) is 7.05 Å². The van der Waals surface area contributed by atoms with Gasteiger partial charge in [0.2, 0.25) is 5.88 Å². The van der Waals surface area contributed by atoms with E-state index in [-0.39, 0.29) is 16.8 Å². The summed E-state index contributed by atoms with van der Waals surface area (Å²) in [4.78, 5) is 29.8. The number of hydrogen-bond donors (Lipinski definition) is 1. The Morgan fingerprint density at radius 1 is 1.10 bits per heavy atom. The molecule has 0 saturated carbocycles. The summed E-state index contributed by atoms with van der Waals surface area (Å²) in [6.07, 6.45) is 1.42. The van der Waals surface area contributed by atoms with Crippen molar-refractivity contribution in [3.05, 3.63) is 70.3 Å². The SMILES string of the molecule is Cc1c(NC(=O)c2ccc(OCCOC(C)(C)C)nc2)c(=O)n(-c2ccccc2)n1C. The van der Waals surface area contributed by atoms with Crippen LogP contribution in [-0.4, -0.2) is 39.1 Å². The molecule has 0 radical (unpaired) electrons. The molecular weight excluding hydrogens is 396 g/mol. The smallest absolute Gasteiger partial charge is 0.295 e. The minimum atomic E-state index is -0.416. The minimum absolute atomic E-state index is 0.229. The molecular formula is C23H28N4O4. The summed E-state index contributed by atoms with van der Waals surface area (Å²) in [5.41, 5.74) is 1.40. The predicted octanol–water partition coefficient (Wildman–Crippen LogP) is 3.33. The number of benzene rings is 1. The van der Waals surface area contributed by atoms with Crippen LogP contribution in [0, 0.1) is 6.92 Å². The monoisotopic (exact) mass is 424 g/mol. The second kappa shape index (κ2) is 9.18. The van der Waals surface area contributed by atoms with Crippen molar-refractivity contribution < 1.29 is 14.3 Å². The highest BCUT2D eigenvalue weighted by molar-refractivity contribution is 6.04. The fourth-order valence-corrected chi connectivity index (χ4v) is 2.99. The lowest BCUT2D eigenvalue weighted by Gasteiger charge is -2.19. The van der Waals surface area contributed by atoms with Crippen LogP contribution in [0.25, 0.3) is 5.69 Å². The van der Waals surface area contributed by atoms with E-state index in [0.717, 1.165) is 5.69 Å². The number of pyridine rings is 1. The lowest BCUT2D eigenvalue weighted by molar-refractivity contribution is -0.0168. The van der Waals surface area contributed by atoms with Crippen LogP contribution in [0.15, 0.2) is 53.5 Å². The lowest BCUT2D eigenvalue weighted by atomic mass is 10.2. The number of nitrogens with one attached hydrogen (secondary N) is 1. The van der Waals surface area contributed by atoms with Gasteiger partial charge < -0.3 is 14.8 Å². The number of carbonyl (C=O) groups excluding carboxylic acids is 1. The van der Waals surface area contributed by atoms with Crippen LogP contribution in [-0.2, 0) is 11.8 Å². The molecule has 0 saturated heterocycles. The van der Waals surface area contributed by atoms with Crippen molar-refractivity contribution in [1.29, 1.82) is 0 Å². The molecule has 0 fully saturated rings. The molecule has 0 bridgehead atoms. The number of hydrogen-bond acceptors (Lipinski definition) is 5. The van der Waals surface area contributed by atoms with Crippen LogP contribution in [0.1, 0.15) is 36.8 Å². The molecule has 0 aliphatic heterocycles. The van der Waals surface area contributed by atoms with Gasteiger partial charge in [-0.1, -0.05) is 18.2 Å². The Bertz CT molecular complexity index is 1090. The van der Waals surface area contributed by atoms with Crippen LogP contribution in [0.2, 0.25) is 0 Å². The van der Waals surface area contributed by atoms with E-state index in [1.165, 1.54) is 10.9 Å². The fourth-order valence-electron chi connectivity index (χ4n) is 2.99. The molecule has 0 aliphatic carbocycles. The fraction of sp³-hybridized carbons (Fsp3) is 0.348. The quantitative estimate of drug-likeness (QED) is 0.588. The maximum absolute atomic E-state index is 12.9. The van der Waals surface area contributed by atoms with Gasteiger partial charge in [0.25, 0.3) is 11.5 Å². The molecule has 1 amide bonds. The maximum Gasteiger partial charge on any atom is 0.295 e. The Morgan fingerprint density at radius 2 is 1.81 bits per heavy atom. The van der Waals surface area contributed by atoms with E-state index >= 15 is 0 Å². The second-order valence-electron chi connectivity index (χ2n) is 8.09. The molecule has 2 heterocycles. The van der Waals surface area contributed by atoms with E-state index in [0.29, 0.717) is 30.4 Å². The van der Waals surface area contributed by atoms with Crippen molar-refractivity contribution >= 4 is 11.6 Å². The van der Waals surface area contributed by atoms with E-state index < -0.39 is 5.91 Å². The first-order valence-corrected chi connectivity index (χ1v) is 10.1. The molecule has 31 heavy (non-hydrogen) atoms. The number of rotatable bonds is 7. The predicted molar refractivity (Wildman–Crippen MR) is 119 cm³/mol. The number of amides is 1. The number of aromatic nitrogens is 3. The van der Waals surface area contributed by atoms with Gasteiger partial charge in [-0.25, -0.2) is 9.67 Å². The van der Waals surface area contributed by atoms with Crippen molar-refractivity contribution in [1.82, 2.24) is 14.3 Å². The van der Waals surface area contributed by atoms with Crippen molar-refractivity contribution in [3.8, 4) is 11.6 Å². The first kappa shape index (κ1) is 22.3. The average Bonchev–Trinajstić information content (AvgIpc) is 2.94. The van der Waals surface area contributed by atoms with Gasteiger partial charge in [0.15, 0.2) is 0 Å². The Hall–Kier alpha value is -3.39. The maximum atomic E-state index is 12.9. The number of ether oxygens (including phenoxy) is 2. The molecule has 0 unspecified atom stereocenters. The van der Waals surface area contributed by atoms with Gasteiger partial charge in [-0.2, -0.15) is 0 Å². The van der Waals surface area contributed by atoms with Crippen LogP contribution >= 0.6 is 0 Å². The average molecular weight is 425 g/mol. The van der Waals surface area contributed by atoms with Crippen LogP contribution < -0.4 is 15.6 Å². The summed E-state index contributed by atoms with van der Waals surface area (Å²) >= 11 is 0. The molecule has 8 heteroatoms. The normalized spacial score (nSPS) is 11.4. The van der Waals surface area contributed by atoms with Gasteiger partial charge in [0, 0.05) is 19.3 Å². The molecule has 3 rings (SSSR count). The summed E-state index contributed by atoms with van der Waals surface area (Å²) in [6.45, 7) is 8.50. The van der Waals surface area contributed by atoms with Gasteiger partial charge in [-0.15, -0.1) is 0 Å². The molecule has 8 nitrogen and oxygen atoms in total. The van der Waals surface area contributed by atoms with Gasteiger partial charge in [-0.3, -0.25) is 14.3 Å². The molecule has 164 valence electrons. The Balaban J connectivity index is 1.69. The summed E-state index contributed by atoms with van der Waals surface area (Å²) < 4.78 is 14.4. The van der Waals surface area contributed by atoms with Gasteiger partial charge in [-0.05, 0) is 45.9 Å². The van der Waals surface area contributed by atoms with E-state index in [4.69, 9.17) is 9.47 Å². The van der Waals surface area contributed by atoms with E-state index in [1.54, 1.807) is 30.8 Å². The molecule has 0 atom stereocenters. The third-order valence-corrected chi connectivity index (χ3v) is 4.66. The van der Waals surface area contributed by atoms with Gasteiger partial charge in [0.05, 0.1) is 29.2 Å². The number of carbonyl (C=O) groups is 1. The second-order valence-corrected chi connectivity index (χ2v) is 8.09. The van der Waals surface area contributed by atoms with E-state index in [1.807, 2.05) is 51.1 Å². The van der Waals surface area contributed by atoms with Gasteiger partial charge >= 0.3 is 0 Å². The lowest BCUT2D eigenvalue weighted by Crippen LogP contribution is -2.23. The highest BCUT2D eigenvalue weighted by atomic mass is 16.5. The minimum Gasteiger partial charge on any atom is -0.475 e. The Morgan fingerprint density at radius 3 is 2.42 bits per heavy atom. The standard InChI is InChI=1S/C23H28N4O4/c1-16-20(22(29)27(26(16)5)18-9-7-6-8-10-18)25-21(28)17-11-12-19(24-15-17)30-13-14-31-23(2,3)4/h6-12,15H,13-14H2,1-5H3,(H,25,28). The number of nitrogens with zero attached hydrogens (tertiary/aromatic N) is 3. The summed E-state index contributed by atoms with van der Waals surface area (Å²) in [5.74, 6) is -0.0162. The third kappa shape index (κ3) is 5.40. The van der Waals surface area contributed by atoms with Crippen LogP contribution in [0.3, 0.4) is 0 Å². The largest absolute Gasteiger partial charge is 0.475 e. The zero-order valence-corrected chi connectivity index (χ0v) is 18.5. The topological polar surface area (TPSA) is 87.4 Å². The first-order chi connectivity index (χ1) is 14.7. The first-order valence-electron chi connectivity index (χ1n) is 10.1. The third-order valence-electron chi connectivity index (χ3n) is 4.66. The molecule has 1 aromatic carbocycles. The molecule has 2 aromatic heterocycles. The highest BCUT2D eigenvalue weighted by Crippen LogP contribution is 2.16. The highest BCUT2D eigenvalue weighted by Gasteiger charge is 2.19. The summed E-state index contributed by atoms with van der Waals surface area (Å²) in [6, 6.07) is 12.5. The van der Waals surface area contributed by atoms with Gasteiger partial charge in [0.1, 0.15) is 12.3 Å². The van der Waals surface area contributed by atoms with Crippen LogP contribution in [0.5, 0.6) is 5.88 Å². The molecule has 3 aromatic rings. The zero-order chi connectivity index (χ0) is 22.6. The van der Waals surface area contributed by atoms with E-state index in [9.17, 15) is 9.59 Å². The summed E-state index contributed by atoms with van der Waals surface area (Å²) in [7, 11) is 1.77. The van der Waals surface area contributed by atoms with Crippen molar-refractivity contribution in [3.63, 3.8) is 0 Å². The Labute approximate surface area is 181 Å². The van der Waals surface area contributed by atoms with Crippen molar-refractivity contribution in [2.45, 2.75) is 33.3 Å². The molecule has 0 spiro atoms. The Kier molecular flexibility index (Phi) is 6.60. The number of anilines is 1. The molecule has 0 aliphatic rings. The van der Waals surface area contributed by atoms with E-state index in [2.05, 4.69) is 10.3 Å². The molecule has 1 N–H and O–H groups in total. The van der Waals surface area contributed by atoms with Crippen molar-refractivity contribution in [2.75, 3.05) is 18.5 Å².